The lowest BCUT2D eigenvalue weighted by Crippen LogP contribution is -2.24. The van der Waals surface area contributed by atoms with Crippen molar-refractivity contribution in [2.45, 2.75) is 26.4 Å². The van der Waals surface area contributed by atoms with Crippen LogP contribution in [0.25, 0.3) is 32.4 Å². The fourth-order valence-corrected chi connectivity index (χ4v) is 3.79. The summed E-state index contributed by atoms with van der Waals surface area (Å²) >= 11 is 1.20. The number of carbonyl (C=O) groups is 2. The van der Waals surface area contributed by atoms with E-state index in [2.05, 4.69) is 4.98 Å². The second-order valence-corrected chi connectivity index (χ2v) is 8.47. The number of benzene rings is 2. The number of hydrogen-bond donors (Lipinski definition) is 1. The highest BCUT2D eigenvalue weighted by molar-refractivity contribution is 7.13. The molecule has 0 bridgehead atoms. The van der Waals surface area contributed by atoms with Crippen LogP contribution in [-0.2, 0) is 4.74 Å². The summed E-state index contributed by atoms with van der Waals surface area (Å²) < 4.78 is 5.60. The highest BCUT2D eigenvalue weighted by Gasteiger charge is 2.22. The Morgan fingerprint density at radius 3 is 2.48 bits per heavy atom. The standard InChI is InChI=1S/C22H18N2O4S/c1-22(2,3)28-21(27)15-9-13(19-24-18(11-29-19)20(25)26)10-17-14(15)8-12-6-4-5-7-16(12)23-17/h4-11H,1-3H3,(H,25,26). The average molecular weight is 406 g/mol. The zero-order valence-electron chi connectivity index (χ0n) is 16.1. The highest BCUT2D eigenvalue weighted by Crippen LogP contribution is 2.32. The molecule has 29 heavy (non-hydrogen) atoms. The van der Waals surface area contributed by atoms with E-state index in [-0.39, 0.29) is 5.69 Å². The van der Waals surface area contributed by atoms with E-state index in [1.54, 1.807) is 6.07 Å². The SMILES string of the molecule is CC(C)(C)OC(=O)c1cc(-c2nc(C(=O)O)cs2)cc2nc3ccccc3cc12. The Hall–Kier alpha value is -3.32. The number of thiazole rings is 1. The number of hydrogen-bond acceptors (Lipinski definition) is 6. The Balaban J connectivity index is 1.96. The van der Waals surface area contributed by atoms with Crippen molar-refractivity contribution in [3.8, 4) is 10.6 Å². The first-order valence-corrected chi connectivity index (χ1v) is 9.85. The molecule has 4 rings (SSSR count). The van der Waals surface area contributed by atoms with Crippen LogP contribution in [0, 0.1) is 0 Å². The minimum Gasteiger partial charge on any atom is -0.476 e. The van der Waals surface area contributed by atoms with Gasteiger partial charge < -0.3 is 9.84 Å². The summed E-state index contributed by atoms with van der Waals surface area (Å²) in [5.74, 6) is -1.55. The number of para-hydroxylation sites is 1. The summed E-state index contributed by atoms with van der Waals surface area (Å²) in [6.45, 7) is 5.43. The molecule has 4 aromatic rings. The molecule has 0 unspecified atom stereocenters. The molecule has 0 radical (unpaired) electrons. The minimum atomic E-state index is -1.09. The molecular weight excluding hydrogens is 388 g/mol. The van der Waals surface area contributed by atoms with Gasteiger partial charge in [-0.15, -0.1) is 11.3 Å². The Kier molecular flexibility index (Phi) is 4.55. The van der Waals surface area contributed by atoms with Crippen LogP contribution in [0.1, 0.15) is 41.6 Å². The molecule has 0 fully saturated rings. The third-order valence-electron chi connectivity index (χ3n) is 4.22. The number of ether oxygens (including phenoxy) is 1. The van der Waals surface area contributed by atoms with Gasteiger partial charge in [-0.2, -0.15) is 0 Å². The first kappa shape index (κ1) is 19.0. The van der Waals surface area contributed by atoms with Crippen LogP contribution in [0.15, 0.2) is 47.8 Å². The zero-order chi connectivity index (χ0) is 20.8. The van der Waals surface area contributed by atoms with Crippen molar-refractivity contribution in [2.75, 3.05) is 0 Å². The van der Waals surface area contributed by atoms with Gasteiger partial charge in [-0.3, -0.25) is 0 Å². The van der Waals surface area contributed by atoms with Gasteiger partial charge in [0.05, 0.1) is 16.6 Å². The number of carboxylic acids is 1. The maximum Gasteiger partial charge on any atom is 0.355 e. The van der Waals surface area contributed by atoms with Gasteiger partial charge in [0.1, 0.15) is 10.6 Å². The average Bonchev–Trinajstić information content (AvgIpc) is 3.14. The molecule has 0 amide bonds. The van der Waals surface area contributed by atoms with Crippen LogP contribution in [0.5, 0.6) is 0 Å². The highest BCUT2D eigenvalue weighted by atomic mass is 32.1. The third-order valence-corrected chi connectivity index (χ3v) is 5.12. The van der Waals surface area contributed by atoms with Crippen molar-refractivity contribution in [3.63, 3.8) is 0 Å². The number of pyridine rings is 1. The van der Waals surface area contributed by atoms with Gasteiger partial charge >= 0.3 is 11.9 Å². The monoisotopic (exact) mass is 406 g/mol. The lowest BCUT2D eigenvalue weighted by molar-refractivity contribution is 0.00716. The Morgan fingerprint density at radius 1 is 1.03 bits per heavy atom. The molecule has 0 saturated heterocycles. The van der Waals surface area contributed by atoms with E-state index in [4.69, 9.17) is 14.8 Å². The maximum atomic E-state index is 12.9. The maximum absolute atomic E-state index is 12.9. The Bertz CT molecular complexity index is 1270. The minimum absolute atomic E-state index is 0.0321. The van der Waals surface area contributed by atoms with Crippen LogP contribution < -0.4 is 0 Å². The van der Waals surface area contributed by atoms with E-state index >= 15 is 0 Å². The van der Waals surface area contributed by atoms with Crippen LogP contribution in [0.3, 0.4) is 0 Å². The van der Waals surface area contributed by atoms with Gasteiger partial charge in [0.15, 0.2) is 5.69 Å². The molecule has 2 aromatic carbocycles. The molecule has 2 heterocycles. The molecule has 1 N–H and O–H groups in total. The van der Waals surface area contributed by atoms with Crippen molar-refractivity contribution in [1.82, 2.24) is 9.97 Å². The van der Waals surface area contributed by atoms with Gasteiger partial charge in [0.25, 0.3) is 0 Å². The molecule has 7 heteroatoms. The van der Waals surface area contributed by atoms with Gasteiger partial charge in [-0.05, 0) is 45.0 Å². The predicted molar refractivity (Wildman–Crippen MR) is 112 cm³/mol. The van der Waals surface area contributed by atoms with Gasteiger partial charge in [0.2, 0.25) is 0 Å². The second-order valence-electron chi connectivity index (χ2n) is 7.62. The first-order chi connectivity index (χ1) is 13.7. The summed E-state index contributed by atoms with van der Waals surface area (Å²) in [7, 11) is 0. The summed E-state index contributed by atoms with van der Waals surface area (Å²) in [6.07, 6.45) is 0. The van der Waals surface area contributed by atoms with Crippen LogP contribution in [0.4, 0.5) is 0 Å². The molecule has 0 spiro atoms. The number of rotatable bonds is 3. The molecule has 0 atom stereocenters. The number of aromatic nitrogens is 2. The number of nitrogens with zero attached hydrogens (tertiary/aromatic N) is 2. The number of carboxylic acid groups (broad SMARTS) is 1. The zero-order valence-corrected chi connectivity index (χ0v) is 16.9. The largest absolute Gasteiger partial charge is 0.476 e. The third kappa shape index (κ3) is 3.82. The molecule has 0 aliphatic carbocycles. The van der Waals surface area contributed by atoms with Crippen molar-refractivity contribution >= 4 is 45.1 Å². The molecule has 2 aromatic heterocycles. The molecule has 6 nitrogen and oxygen atoms in total. The number of fused-ring (bicyclic) bond motifs is 2. The topological polar surface area (TPSA) is 89.4 Å². The molecular formula is C22H18N2O4S. The van der Waals surface area contributed by atoms with Crippen molar-refractivity contribution in [3.05, 3.63) is 59.1 Å². The van der Waals surface area contributed by atoms with E-state index in [1.807, 2.05) is 57.2 Å². The van der Waals surface area contributed by atoms with E-state index in [0.717, 1.165) is 10.9 Å². The summed E-state index contributed by atoms with van der Waals surface area (Å²) in [6, 6.07) is 13.1. The van der Waals surface area contributed by atoms with Crippen LogP contribution in [-0.4, -0.2) is 32.6 Å². The van der Waals surface area contributed by atoms with Crippen molar-refractivity contribution < 1.29 is 19.4 Å². The summed E-state index contributed by atoms with van der Waals surface area (Å²) in [4.78, 5) is 33.0. The lowest BCUT2D eigenvalue weighted by atomic mass is 10.0. The number of carbonyl (C=O) groups excluding carboxylic acids is 1. The summed E-state index contributed by atoms with van der Waals surface area (Å²) in [5, 5.41) is 12.7. The van der Waals surface area contributed by atoms with E-state index in [0.29, 0.717) is 27.0 Å². The molecule has 0 aliphatic heterocycles. The normalized spacial score (nSPS) is 11.7. The smallest absolute Gasteiger partial charge is 0.355 e. The van der Waals surface area contributed by atoms with Gasteiger partial charge in [-0.1, -0.05) is 18.2 Å². The fourth-order valence-electron chi connectivity index (χ4n) is 3.01. The van der Waals surface area contributed by atoms with Crippen LogP contribution >= 0.6 is 11.3 Å². The quantitative estimate of drug-likeness (QED) is 0.373. The summed E-state index contributed by atoms with van der Waals surface area (Å²) in [5.41, 5.74) is 1.74. The molecule has 146 valence electrons. The lowest BCUT2D eigenvalue weighted by Gasteiger charge is -2.20. The second kappa shape index (κ2) is 6.93. The molecule has 0 saturated carbocycles. The van der Waals surface area contributed by atoms with E-state index in [1.165, 1.54) is 16.7 Å². The van der Waals surface area contributed by atoms with Crippen molar-refractivity contribution in [2.24, 2.45) is 0 Å². The van der Waals surface area contributed by atoms with Gasteiger partial charge in [-0.25, -0.2) is 19.6 Å². The Morgan fingerprint density at radius 2 is 1.79 bits per heavy atom. The van der Waals surface area contributed by atoms with Crippen LogP contribution in [0.2, 0.25) is 0 Å². The fraction of sp³-hybridized carbons (Fsp3) is 0.182. The van der Waals surface area contributed by atoms with Gasteiger partial charge in [0, 0.05) is 21.7 Å². The number of aromatic carboxylic acids is 1. The van der Waals surface area contributed by atoms with E-state index in [9.17, 15) is 9.59 Å². The number of esters is 1. The predicted octanol–water partition coefficient (Wildman–Crippen LogP) is 5.17. The first-order valence-electron chi connectivity index (χ1n) is 8.97. The van der Waals surface area contributed by atoms with Crippen molar-refractivity contribution in [1.29, 1.82) is 0 Å². The van der Waals surface area contributed by atoms with E-state index < -0.39 is 17.5 Å². The molecule has 0 aliphatic rings. The Labute approximate surface area is 170 Å².